The molecule has 6 heteroatoms. The highest BCUT2D eigenvalue weighted by Crippen LogP contribution is 2.13. The van der Waals surface area contributed by atoms with Gasteiger partial charge in [-0.05, 0) is 25.7 Å². The number of carbonyl (C=O) groups is 2. The fraction of sp³-hybridized carbons (Fsp3) is 0.833. The summed E-state index contributed by atoms with van der Waals surface area (Å²) < 4.78 is 0. The van der Waals surface area contributed by atoms with E-state index in [1.165, 1.54) is 0 Å². The van der Waals surface area contributed by atoms with Crippen LogP contribution >= 0.6 is 0 Å². The van der Waals surface area contributed by atoms with E-state index in [2.05, 4.69) is 5.32 Å². The minimum atomic E-state index is -0.712. The molecule has 1 fully saturated rings. The van der Waals surface area contributed by atoms with Crippen molar-refractivity contribution in [2.75, 3.05) is 6.54 Å². The van der Waals surface area contributed by atoms with E-state index in [-0.39, 0.29) is 5.91 Å². The Bertz CT molecular complexity index is 308. The van der Waals surface area contributed by atoms with Crippen molar-refractivity contribution in [1.82, 2.24) is 10.4 Å². The summed E-state index contributed by atoms with van der Waals surface area (Å²) in [6.45, 7) is 3.72. The number of aliphatic hydroxyl groups is 1. The highest BCUT2D eigenvalue weighted by Gasteiger charge is 2.30. The van der Waals surface area contributed by atoms with Crippen LogP contribution in [0.1, 0.15) is 39.5 Å². The lowest BCUT2D eigenvalue weighted by atomic mass is 10.0. The first-order chi connectivity index (χ1) is 8.47. The van der Waals surface area contributed by atoms with Gasteiger partial charge in [-0.2, -0.15) is 0 Å². The van der Waals surface area contributed by atoms with Crippen LogP contribution < -0.4 is 5.32 Å². The number of nitrogens with one attached hydrogen (secondary N) is 1. The second-order valence-corrected chi connectivity index (χ2v) is 4.78. The first kappa shape index (κ1) is 14.9. The molecule has 18 heavy (non-hydrogen) atoms. The van der Waals surface area contributed by atoms with Crippen LogP contribution in [0.5, 0.6) is 0 Å². The van der Waals surface area contributed by atoms with Gasteiger partial charge in [-0.1, -0.05) is 13.8 Å². The molecule has 3 atom stereocenters. The number of rotatable bonds is 4. The van der Waals surface area contributed by atoms with Gasteiger partial charge in [0.25, 0.3) is 5.91 Å². The number of hydrogen-bond acceptors (Lipinski definition) is 4. The van der Waals surface area contributed by atoms with Gasteiger partial charge >= 0.3 is 0 Å². The number of aliphatic hydroxyl groups excluding tert-OH is 1. The van der Waals surface area contributed by atoms with Crippen molar-refractivity contribution in [3.05, 3.63) is 0 Å². The molecule has 104 valence electrons. The molecule has 6 nitrogen and oxygen atoms in total. The molecule has 0 aromatic carbocycles. The van der Waals surface area contributed by atoms with E-state index in [1.807, 2.05) is 0 Å². The highest BCUT2D eigenvalue weighted by atomic mass is 16.5. The highest BCUT2D eigenvalue weighted by molar-refractivity contribution is 5.88. The van der Waals surface area contributed by atoms with Crippen molar-refractivity contribution in [1.29, 1.82) is 0 Å². The summed E-state index contributed by atoms with van der Waals surface area (Å²) in [6, 6.07) is -0.684. The summed E-state index contributed by atoms with van der Waals surface area (Å²) in [5.41, 5.74) is 0. The fourth-order valence-electron chi connectivity index (χ4n) is 1.99. The molecule has 2 amide bonds. The molecule has 0 radical (unpaired) electrons. The van der Waals surface area contributed by atoms with Crippen LogP contribution in [0, 0.1) is 5.92 Å². The van der Waals surface area contributed by atoms with E-state index < -0.39 is 24.0 Å². The maximum atomic E-state index is 11.9. The minimum absolute atomic E-state index is 0.304. The molecule has 3 N–H and O–H groups in total. The van der Waals surface area contributed by atoms with Gasteiger partial charge in [0.05, 0.1) is 12.0 Å². The van der Waals surface area contributed by atoms with Crippen molar-refractivity contribution in [3.8, 4) is 0 Å². The predicted octanol–water partition coefficient (Wildman–Crippen LogP) is 0.280. The van der Waals surface area contributed by atoms with Crippen LogP contribution in [-0.4, -0.2) is 45.9 Å². The molecule has 0 aromatic heterocycles. The largest absolute Gasteiger partial charge is 0.392 e. The molecule has 0 spiro atoms. The number of amides is 2. The number of carbonyl (C=O) groups excluding carboxylic acids is 2. The Labute approximate surface area is 107 Å². The summed E-state index contributed by atoms with van der Waals surface area (Å²) in [7, 11) is 0. The molecule has 0 aromatic rings. The van der Waals surface area contributed by atoms with Gasteiger partial charge < -0.3 is 10.4 Å². The van der Waals surface area contributed by atoms with Gasteiger partial charge in [-0.3, -0.25) is 14.8 Å². The van der Waals surface area contributed by atoms with Crippen LogP contribution in [0.25, 0.3) is 0 Å². The molecule has 0 unspecified atom stereocenters. The Morgan fingerprint density at radius 3 is 2.83 bits per heavy atom. The van der Waals surface area contributed by atoms with Gasteiger partial charge in [-0.25, -0.2) is 5.06 Å². The molecule has 0 bridgehead atoms. The molecule has 0 aliphatic carbocycles. The third-order valence-electron chi connectivity index (χ3n) is 3.39. The number of nitrogens with zero attached hydrogens (tertiary/aromatic N) is 1. The van der Waals surface area contributed by atoms with Crippen LogP contribution in [-0.2, 0) is 9.59 Å². The summed E-state index contributed by atoms with van der Waals surface area (Å²) in [5.74, 6) is -1.38. The SMILES string of the molecule is CC[C@@H](O)[C@H](C)C(=O)N[C@H]1CCCCN(O)C1=O. The van der Waals surface area contributed by atoms with Crippen molar-refractivity contribution in [2.45, 2.75) is 51.7 Å². The van der Waals surface area contributed by atoms with E-state index in [9.17, 15) is 19.9 Å². The lowest BCUT2D eigenvalue weighted by Gasteiger charge is -2.22. The maximum Gasteiger partial charge on any atom is 0.268 e. The predicted molar refractivity (Wildman–Crippen MR) is 64.7 cm³/mol. The summed E-state index contributed by atoms with van der Waals surface area (Å²) in [5, 5.41) is 22.3. The Hall–Kier alpha value is -1.14. The van der Waals surface area contributed by atoms with Crippen molar-refractivity contribution < 1.29 is 19.9 Å². The summed E-state index contributed by atoms with van der Waals surface area (Å²) >= 11 is 0. The van der Waals surface area contributed by atoms with E-state index in [1.54, 1.807) is 13.8 Å². The Kier molecular flexibility index (Phi) is 5.55. The van der Waals surface area contributed by atoms with Crippen LogP contribution in [0.4, 0.5) is 0 Å². The molecular weight excluding hydrogens is 236 g/mol. The smallest absolute Gasteiger partial charge is 0.268 e. The first-order valence-corrected chi connectivity index (χ1v) is 6.46. The zero-order valence-corrected chi connectivity index (χ0v) is 10.9. The monoisotopic (exact) mass is 258 g/mol. The first-order valence-electron chi connectivity index (χ1n) is 6.46. The van der Waals surface area contributed by atoms with Crippen molar-refractivity contribution in [2.24, 2.45) is 5.92 Å². The molecule has 1 aliphatic rings. The van der Waals surface area contributed by atoms with E-state index in [4.69, 9.17) is 0 Å². The van der Waals surface area contributed by atoms with Gasteiger partial charge in [0.2, 0.25) is 5.91 Å². The quantitative estimate of drug-likeness (QED) is 0.632. The standard InChI is InChI=1S/C12H22N2O4/c1-3-10(15)8(2)11(16)13-9-6-4-5-7-14(18)12(9)17/h8-10,15,18H,3-7H2,1-2H3,(H,13,16)/t8-,9-,10+/m0/s1. The molecule has 0 saturated carbocycles. The second-order valence-electron chi connectivity index (χ2n) is 4.78. The topological polar surface area (TPSA) is 89.9 Å². The van der Waals surface area contributed by atoms with Crippen LogP contribution in [0.15, 0.2) is 0 Å². The average Bonchev–Trinajstić information content (AvgIpc) is 2.52. The van der Waals surface area contributed by atoms with E-state index >= 15 is 0 Å². The molecule has 1 saturated heterocycles. The molecule has 1 rings (SSSR count). The third-order valence-corrected chi connectivity index (χ3v) is 3.39. The Balaban J connectivity index is 2.59. The van der Waals surface area contributed by atoms with Gasteiger partial charge in [-0.15, -0.1) is 0 Å². The molecule has 1 aliphatic heterocycles. The fourth-order valence-corrected chi connectivity index (χ4v) is 1.99. The third kappa shape index (κ3) is 3.68. The van der Waals surface area contributed by atoms with Crippen molar-refractivity contribution >= 4 is 11.8 Å². The average molecular weight is 258 g/mol. The normalized spacial score (nSPS) is 24.3. The zero-order chi connectivity index (χ0) is 13.7. The molecular formula is C12H22N2O4. The van der Waals surface area contributed by atoms with E-state index in [0.29, 0.717) is 24.4 Å². The van der Waals surface area contributed by atoms with Crippen LogP contribution in [0.2, 0.25) is 0 Å². The van der Waals surface area contributed by atoms with Crippen LogP contribution in [0.3, 0.4) is 0 Å². The second kappa shape index (κ2) is 6.70. The summed E-state index contributed by atoms with van der Waals surface area (Å²) in [6.07, 6.45) is 1.80. The lowest BCUT2D eigenvalue weighted by Crippen LogP contribution is -2.49. The lowest BCUT2D eigenvalue weighted by molar-refractivity contribution is -0.167. The number of hydroxylamine groups is 2. The zero-order valence-electron chi connectivity index (χ0n) is 10.9. The Morgan fingerprint density at radius 2 is 2.22 bits per heavy atom. The van der Waals surface area contributed by atoms with Gasteiger partial charge in [0, 0.05) is 6.54 Å². The van der Waals surface area contributed by atoms with Gasteiger partial charge in [0.15, 0.2) is 0 Å². The van der Waals surface area contributed by atoms with Crippen molar-refractivity contribution in [3.63, 3.8) is 0 Å². The molecule has 1 heterocycles. The van der Waals surface area contributed by atoms with Gasteiger partial charge in [0.1, 0.15) is 6.04 Å². The Morgan fingerprint density at radius 1 is 1.56 bits per heavy atom. The number of hydrogen-bond donors (Lipinski definition) is 3. The van der Waals surface area contributed by atoms with E-state index in [0.717, 1.165) is 12.8 Å². The maximum absolute atomic E-state index is 11.9. The minimum Gasteiger partial charge on any atom is -0.392 e. The summed E-state index contributed by atoms with van der Waals surface area (Å²) in [4.78, 5) is 23.6.